The third kappa shape index (κ3) is 4.50. The van der Waals surface area contributed by atoms with Gasteiger partial charge >= 0.3 is 0 Å². The summed E-state index contributed by atoms with van der Waals surface area (Å²) in [6, 6.07) is 8.06. The van der Waals surface area contributed by atoms with E-state index in [9.17, 15) is 0 Å². The molecule has 0 unspecified atom stereocenters. The maximum absolute atomic E-state index is 5.93. The molecule has 0 amide bonds. The van der Waals surface area contributed by atoms with E-state index < -0.39 is 0 Å². The Morgan fingerprint density at radius 1 is 1.28 bits per heavy atom. The van der Waals surface area contributed by atoms with Crippen LogP contribution in [0.25, 0.3) is 11.0 Å². The van der Waals surface area contributed by atoms with E-state index in [1.807, 2.05) is 32.2 Å². The third-order valence-electron chi connectivity index (χ3n) is 3.89. The van der Waals surface area contributed by atoms with Gasteiger partial charge in [0.2, 0.25) is 0 Å². The Balaban J connectivity index is 0.00000225. The van der Waals surface area contributed by atoms with E-state index in [0.29, 0.717) is 13.1 Å². The molecule has 0 aliphatic heterocycles. The molecule has 2 heterocycles. The lowest BCUT2D eigenvalue weighted by atomic mass is 10.1. The molecule has 0 atom stereocenters. The minimum atomic E-state index is 0. The van der Waals surface area contributed by atoms with E-state index in [1.165, 1.54) is 6.33 Å². The summed E-state index contributed by atoms with van der Waals surface area (Å²) in [4.78, 5) is 8.72. The van der Waals surface area contributed by atoms with Crippen molar-refractivity contribution in [2.75, 3.05) is 6.54 Å². The molecule has 0 spiro atoms. The van der Waals surface area contributed by atoms with Crippen LogP contribution in [0.5, 0.6) is 0 Å². The zero-order chi connectivity index (χ0) is 16.9. The van der Waals surface area contributed by atoms with Crippen molar-refractivity contribution < 1.29 is 4.42 Å². The number of nitrogens with zero attached hydrogens (tertiary/aromatic N) is 4. The molecule has 2 N–H and O–H groups in total. The lowest BCUT2D eigenvalue weighted by molar-refractivity contribution is 0.534. The average molecular weight is 454 g/mol. The van der Waals surface area contributed by atoms with E-state index >= 15 is 0 Å². The second-order valence-electron chi connectivity index (χ2n) is 5.49. The van der Waals surface area contributed by atoms with Crippen molar-refractivity contribution in [3.63, 3.8) is 0 Å². The van der Waals surface area contributed by atoms with Crippen LogP contribution in [0.2, 0.25) is 0 Å². The summed E-state index contributed by atoms with van der Waals surface area (Å²) in [5.74, 6) is 2.45. The van der Waals surface area contributed by atoms with Crippen LogP contribution in [0.3, 0.4) is 0 Å². The van der Waals surface area contributed by atoms with Crippen molar-refractivity contribution in [2.24, 2.45) is 12.0 Å². The van der Waals surface area contributed by atoms with Crippen molar-refractivity contribution in [3.8, 4) is 0 Å². The molecule has 0 radical (unpaired) electrons. The molecule has 1 aromatic carbocycles. The zero-order valence-electron chi connectivity index (χ0n) is 14.6. The van der Waals surface area contributed by atoms with Crippen molar-refractivity contribution in [3.05, 3.63) is 47.7 Å². The number of aliphatic imine (C=N–C) groups is 1. The molecule has 3 aromatic rings. The molecule has 0 saturated heterocycles. The van der Waals surface area contributed by atoms with Crippen LogP contribution in [-0.2, 0) is 20.1 Å². The fraction of sp³-hybridized carbons (Fsp3) is 0.353. The van der Waals surface area contributed by atoms with Crippen LogP contribution in [0.15, 0.2) is 40.0 Å². The standard InChI is InChI=1S/C17H22N6O.HI/c1-4-18-17(20-10-16-21-11-22-23(16)3)19-9-15-12(2)13-7-5-6-8-14(13)24-15;/h5-8,11H,4,9-10H2,1-3H3,(H2,18,19,20);1H. The van der Waals surface area contributed by atoms with Gasteiger partial charge < -0.3 is 15.1 Å². The summed E-state index contributed by atoms with van der Waals surface area (Å²) in [6.45, 7) is 5.93. The van der Waals surface area contributed by atoms with Gasteiger partial charge in [0.15, 0.2) is 5.96 Å². The number of aromatic nitrogens is 3. The predicted molar refractivity (Wildman–Crippen MR) is 109 cm³/mol. The van der Waals surface area contributed by atoms with Crippen molar-refractivity contribution in [1.82, 2.24) is 25.4 Å². The van der Waals surface area contributed by atoms with Gasteiger partial charge in [0.25, 0.3) is 0 Å². The van der Waals surface area contributed by atoms with Crippen LogP contribution >= 0.6 is 24.0 Å². The average Bonchev–Trinajstić information content (AvgIpc) is 3.14. The normalized spacial score (nSPS) is 11.4. The van der Waals surface area contributed by atoms with E-state index in [4.69, 9.17) is 4.42 Å². The number of hydrogen-bond donors (Lipinski definition) is 2. The van der Waals surface area contributed by atoms with Gasteiger partial charge in [0.1, 0.15) is 30.0 Å². The molecule has 3 rings (SSSR count). The maximum atomic E-state index is 5.93. The van der Waals surface area contributed by atoms with Crippen LogP contribution in [0, 0.1) is 6.92 Å². The number of benzene rings is 1. The highest BCUT2D eigenvalue weighted by atomic mass is 127. The molecule has 0 aliphatic carbocycles. The van der Waals surface area contributed by atoms with Gasteiger partial charge in [-0.05, 0) is 19.9 Å². The summed E-state index contributed by atoms with van der Waals surface area (Å²) in [6.07, 6.45) is 1.53. The first kappa shape index (κ1) is 19.2. The maximum Gasteiger partial charge on any atom is 0.192 e. The number of nitrogens with one attached hydrogen (secondary N) is 2. The van der Waals surface area contributed by atoms with Gasteiger partial charge in [-0.3, -0.25) is 4.68 Å². The molecular weight excluding hydrogens is 431 g/mol. The van der Waals surface area contributed by atoms with Gasteiger partial charge in [-0.2, -0.15) is 5.10 Å². The summed E-state index contributed by atoms with van der Waals surface area (Å²) >= 11 is 0. The fourth-order valence-electron chi connectivity index (χ4n) is 2.51. The number of fused-ring (bicyclic) bond motifs is 1. The SMILES string of the molecule is CCNC(=NCc1ncnn1C)NCc1oc2ccccc2c1C.I. The van der Waals surface area contributed by atoms with Crippen LogP contribution in [0.1, 0.15) is 24.1 Å². The molecule has 134 valence electrons. The molecule has 2 aromatic heterocycles. The number of para-hydroxylation sites is 1. The van der Waals surface area contributed by atoms with Gasteiger partial charge in [0.05, 0.1) is 6.54 Å². The Morgan fingerprint density at radius 3 is 2.76 bits per heavy atom. The Morgan fingerprint density at radius 2 is 2.08 bits per heavy atom. The number of hydrogen-bond acceptors (Lipinski definition) is 4. The van der Waals surface area contributed by atoms with E-state index in [-0.39, 0.29) is 24.0 Å². The number of furan rings is 1. The van der Waals surface area contributed by atoms with Gasteiger partial charge in [-0.15, -0.1) is 24.0 Å². The molecular formula is C17H23IN6O. The van der Waals surface area contributed by atoms with E-state index in [2.05, 4.69) is 38.7 Å². The molecule has 7 nitrogen and oxygen atoms in total. The van der Waals surface area contributed by atoms with Crippen LogP contribution < -0.4 is 10.6 Å². The fourth-order valence-corrected chi connectivity index (χ4v) is 2.51. The number of rotatable bonds is 5. The van der Waals surface area contributed by atoms with Gasteiger partial charge in [0, 0.05) is 24.5 Å². The Hall–Kier alpha value is -2.10. The predicted octanol–water partition coefficient (Wildman–Crippen LogP) is 2.74. The molecule has 25 heavy (non-hydrogen) atoms. The van der Waals surface area contributed by atoms with Crippen molar-refractivity contribution in [1.29, 1.82) is 0 Å². The minimum absolute atomic E-state index is 0. The Bertz CT molecular complexity index is 854. The second-order valence-corrected chi connectivity index (χ2v) is 5.49. The van der Waals surface area contributed by atoms with Gasteiger partial charge in [-0.1, -0.05) is 18.2 Å². The molecule has 8 heteroatoms. The highest BCUT2D eigenvalue weighted by Gasteiger charge is 2.10. The molecule has 0 bridgehead atoms. The van der Waals surface area contributed by atoms with E-state index in [0.717, 1.165) is 40.6 Å². The van der Waals surface area contributed by atoms with Crippen molar-refractivity contribution >= 4 is 40.9 Å². The lowest BCUT2D eigenvalue weighted by Gasteiger charge is -2.10. The van der Waals surface area contributed by atoms with E-state index in [1.54, 1.807) is 4.68 Å². The molecule has 0 saturated carbocycles. The number of halogens is 1. The van der Waals surface area contributed by atoms with Crippen LogP contribution in [0.4, 0.5) is 0 Å². The summed E-state index contributed by atoms with van der Waals surface area (Å²) in [7, 11) is 1.86. The largest absolute Gasteiger partial charge is 0.459 e. The second kappa shape index (κ2) is 8.84. The number of guanidine groups is 1. The summed E-state index contributed by atoms with van der Waals surface area (Å²) in [5, 5.41) is 11.7. The summed E-state index contributed by atoms with van der Waals surface area (Å²) < 4.78 is 7.64. The first-order valence-electron chi connectivity index (χ1n) is 8.01. The monoisotopic (exact) mass is 454 g/mol. The lowest BCUT2D eigenvalue weighted by Crippen LogP contribution is -2.36. The third-order valence-corrected chi connectivity index (χ3v) is 3.89. The minimum Gasteiger partial charge on any atom is -0.459 e. The zero-order valence-corrected chi connectivity index (χ0v) is 16.9. The number of aryl methyl sites for hydroxylation is 2. The Labute approximate surface area is 163 Å². The summed E-state index contributed by atoms with van der Waals surface area (Å²) in [5.41, 5.74) is 2.06. The van der Waals surface area contributed by atoms with Crippen LogP contribution in [-0.4, -0.2) is 27.3 Å². The topological polar surface area (TPSA) is 80.3 Å². The highest BCUT2D eigenvalue weighted by Crippen LogP contribution is 2.24. The van der Waals surface area contributed by atoms with Crippen molar-refractivity contribution in [2.45, 2.75) is 26.9 Å². The first-order valence-corrected chi connectivity index (χ1v) is 8.01. The Kier molecular flexibility index (Phi) is 6.80. The molecule has 0 fully saturated rings. The smallest absolute Gasteiger partial charge is 0.192 e. The van der Waals surface area contributed by atoms with Gasteiger partial charge in [-0.25, -0.2) is 9.98 Å². The quantitative estimate of drug-likeness (QED) is 0.352. The first-order chi connectivity index (χ1) is 11.7. The highest BCUT2D eigenvalue weighted by molar-refractivity contribution is 14.0. The molecule has 0 aliphatic rings.